The van der Waals surface area contributed by atoms with Crippen molar-refractivity contribution in [2.24, 2.45) is 0 Å². The summed E-state index contributed by atoms with van der Waals surface area (Å²) in [7, 11) is 0. The first-order valence-electron chi connectivity index (χ1n) is 3.72. The molecular weight excluding hydrogens is 205 g/mol. The van der Waals surface area contributed by atoms with Crippen LogP contribution in [0.2, 0.25) is 10.0 Å². The number of nitriles is 1. The predicted octanol–water partition coefficient (Wildman–Crippen LogP) is 3.92. The molecule has 0 atom stereocenters. The van der Waals surface area contributed by atoms with E-state index in [1.807, 2.05) is 18.2 Å². The van der Waals surface area contributed by atoms with Gasteiger partial charge in [0.05, 0.1) is 12.5 Å². The van der Waals surface area contributed by atoms with Gasteiger partial charge in [-0.05, 0) is 17.7 Å². The second kappa shape index (κ2) is 4.91. The average molecular weight is 212 g/mol. The fraction of sp³-hybridized carbons (Fsp3) is 0.100. The predicted molar refractivity (Wildman–Crippen MR) is 55.7 cm³/mol. The summed E-state index contributed by atoms with van der Waals surface area (Å²) < 4.78 is 0. The van der Waals surface area contributed by atoms with Gasteiger partial charge >= 0.3 is 0 Å². The molecule has 0 aliphatic rings. The molecule has 3 heteroatoms. The van der Waals surface area contributed by atoms with Crippen LogP contribution in [0.15, 0.2) is 24.3 Å². The Morgan fingerprint density at radius 3 is 2.77 bits per heavy atom. The number of hydrogen-bond acceptors (Lipinski definition) is 1. The third kappa shape index (κ3) is 3.10. The number of benzene rings is 1. The van der Waals surface area contributed by atoms with Crippen LogP contribution in [0.3, 0.4) is 0 Å². The van der Waals surface area contributed by atoms with E-state index in [1.165, 1.54) is 0 Å². The standard InChI is InChI=1S/C10H7Cl2N/c11-9-5-4-8(10(12)7-9)3-1-2-6-13/h1,3-5,7H,2H2. The van der Waals surface area contributed by atoms with Crippen molar-refractivity contribution in [3.05, 3.63) is 39.9 Å². The molecule has 1 aromatic rings. The van der Waals surface area contributed by atoms with Crippen LogP contribution >= 0.6 is 23.2 Å². The van der Waals surface area contributed by atoms with Crippen LogP contribution in [0.4, 0.5) is 0 Å². The fourth-order valence-electron chi connectivity index (χ4n) is 0.875. The second-order valence-electron chi connectivity index (χ2n) is 2.43. The van der Waals surface area contributed by atoms with E-state index in [4.69, 9.17) is 28.5 Å². The normalized spacial score (nSPS) is 10.2. The summed E-state index contributed by atoms with van der Waals surface area (Å²) in [4.78, 5) is 0. The zero-order valence-electron chi connectivity index (χ0n) is 6.80. The Kier molecular flexibility index (Phi) is 3.82. The summed E-state index contributed by atoms with van der Waals surface area (Å²) in [6, 6.07) is 7.27. The van der Waals surface area contributed by atoms with Crippen molar-refractivity contribution in [1.82, 2.24) is 0 Å². The van der Waals surface area contributed by atoms with Gasteiger partial charge in [0.15, 0.2) is 0 Å². The fourth-order valence-corrected chi connectivity index (χ4v) is 1.35. The first-order chi connectivity index (χ1) is 6.24. The van der Waals surface area contributed by atoms with Crippen LogP contribution in [0.25, 0.3) is 6.08 Å². The SMILES string of the molecule is N#CCC=Cc1ccc(Cl)cc1Cl. The van der Waals surface area contributed by atoms with Gasteiger partial charge in [-0.15, -0.1) is 0 Å². The van der Waals surface area contributed by atoms with Gasteiger partial charge in [-0.25, -0.2) is 0 Å². The maximum Gasteiger partial charge on any atom is 0.0663 e. The molecule has 0 unspecified atom stereocenters. The van der Waals surface area contributed by atoms with E-state index in [-0.39, 0.29) is 0 Å². The summed E-state index contributed by atoms with van der Waals surface area (Å²) in [5.74, 6) is 0. The molecule has 0 bridgehead atoms. The summed E-state index contributed by atoms with van der Waals surface area (Å²) >= 11 is 11.6. The van der Waals surface area contributed by atoms with E-state index in [0.29, 0.717) is 16.5 Å². The molecule has 0 N–H and O–H groups in total. The van der Waals surface area contributed by atoms with Crippen LogP contribution < -0.4 is 0 Å². The number of halogens is 2. The highest BCUT2D eigenvalue weighted by atomic mass is 35.5. The Labute approximate surface area is 87.2 Å². The van der Waals surface area contributed by atoms with Crippen LogP contribution in [0, 0.1) is 11.3 Å². The number of hydrogen-bond donors (Lipinski definition) is 0. The van der Waals surface area contributed by atoms with Gasteiger partial charge in [-0.2, -0.15) is 5.26 Å². The molecule has 0 aliphatic carbocycles. The first-order valence-corrected chi connectivity index (χ1v) is 4.48. The topological polar surface area (TPSA) is 23.8 Å². The van der Waals surface area contributed by atoms with Crippen molar-refractivity contribution < 1.29 is 0 Å². The van der Waals surface area contributed by atoms with E-state index in [9.17, 15) is 0 Å². The van der Waals surface area contributed by atoms with Crippen LogP contribution in [0.5, 0.6) is 0 Å². The molecule has 0 heterocycles. The monoisotopic (exact) mass is 211 g/mol. The lowest BCUT2D eigenvalue weighted by Crippen LogP contribution is -1.74. The molecule has 1 rings (SSSR count). The summed E-state index contributed by atoms with van der Waals surface area (Å²) in [5.41, 5.74) is 0.876. The van der Waals surface area contributed by atoms with Crippen LogP contribution in [0.1, 0.15) is 12.0 Å². The van der Waals surface area contributed by atoms with Gasteiger partial charge < -0.3 is 0 Å². The van der Waals surface area contributed by atoms with Gasteiger partial charge in [0.1, 0.15) is 0 Å². The lowest BCUT2D eigenvalue weighted by molar-refractivity contribution is 1.36. The summed E-state index contributed by atoms with van der Waals surface area (Å²) in [6.45, 7) is 0. The molecule has 0 amide bonds. The smallest absolute Gasteiger partial charge is 0.0663 e. The van der Waals surface area contributed by atoms with Gasteiger partial charge in [-0.1, -0.05) is 41.4 Å². The van der Waals surface area contributed by atoms with Crippen LogP contribution in [-0.2, 0) is 0 Å². The zero-order chi connectivity index (χ0) is 9.68. The van der Waals surface area contributed by atoms with Gasteiger partial charge in [0.2, 0.25) is 0 Å². The van der Waals surface area contributed by atoms with E-state index < -0.39 is 0 Å². The Bertz CT molecular complexity index is 364. The van der Waals surface area contributed by atoms with E-state index in [1.54, 1.807) is 18.2 Å². The highest BCUT2D eigenvalue weighted by molar-refractivity contribution is 6.35. The molecule has 0 spiro atoms. The molecule has 13 heavy (non-hydrogen) atoms. The quantitative estimate of drug-likeness (QED) is 0.728. The van der Waals surface area contributed by atoms with Crippen molar-refractivity contribution in [1.29, 1.82) is 5.26 Å². The minimum absolute atomic E-state index is 0.388. The lowest BCUT2D eigenvalue weighted by atomic mass is 10.2. The lowest BCUT2D eigenvalue weighted by Gasteiger charge is -1.97. The Balaban J connectivity index is 2.85. The number of rotatable bonds is 2. The average Bonchev–Trinajstić information content (AvgIpc) is 2.09. The molecule has 1 nitrogen and oxygen atoms in total. The van der Waals surface area contributed by atoms with Crippen molar-refractivity contribution in [2.45, 2.75) is 6.42 Å². The molecule has 0 aromatic heterocycles. The Morgan fingerprint density at radius 2 is 2.15 bits per heavy atom. The van der Waals surface area contributed by atoms with Crippen molar-refractivity contribution in [3.63, 3.8) is 0 Å². The van der Waals surface area contributed by atoms with E-state index in [2.05, 4.69) is 0 Å². The third-order valence-electron chi connectivity index (χ3n) is 1.47. The highest BCUT2D eigenvalue weighted by Crippen LogP contribution is 2.21. The molecular formula is C10H7Cl2N. The van der Waals surface area contributed by atoms with E-state index in [0.717, 1.165) is 5.56 Å². The molecule has 0 saturated heterocycles. The maximum atomic E-state index is 8.30. The molecule has 0 fully saturated rings. The Morgan fingerprint density at radius 1 is 1.38 bits per heavy atom. The molecule has 0 radical (unpaired) electrons. The molecule has 0 saturated carbocycles. The van der Waals surface area contributed by atoms with Crippen molar-refractivity contribution in [2.75, 3.05) is 0 Å². The van der Waals surface area contributed by atoms with E-state index >= 15 is 0 Å². The summed E-state index contributed by atoms with van der Waals surface area (Å²) in [6.07, 6.45) is 3.95. The van der Waals surface area contributed by atoms with Gasteiger partial charge in [0.25, 0.3) is 0 Å². The van der Waals surface area contributed by atoms with Crippen LogP contribution in [-0.4, -0.2) is 0 Å². The minimum atomic E-state index is 0.388. The molecule has 66 valence electrons. The number of nitrogens with zero attached hydrogens (tertiary/aromatic N) is 1. The highest BCUT2D eigenvalue weighted by Gasteiger charge is 1.96. The number of allylic oxidation sites excluding steroid dienone is 1. The summed E-state index contributed by atoms with van der Waals surface area (Å²) in [5, 5.41) is 9.51. The maximum absolute atomic E-state index is 8.30. The molecule has 1 aromatic carbocycles. The van der Waals surface area contributed by atoms with Gasteiger partial charge in [-0.3, -0.25) is 0 Å². The van der Waals surface area contributed by atoms with Crippen molar-refractivity contribution >= 4 is 29.3 Å². The zero-order valence-corrected chi connectivity index (χ0v) is 8.31. The first kappa shape index (κ1) is 10.1. The largest absolute Gasteiger partial charge is 0.198 e. The second-order valence-corrected chi connectivity index (χ2v) is 3.27. The minimum Gasteiger partial charge on any atom is -0.198 e. The molecule has 0 aliphatic heterocycles. The Hall–Kier alpha value is -0.970. The van der Waals surface area contributed by atoms with Crippen molar-refractivity contribution in [3.8, 4) is 6.07 Å². The van der Waals surface area contributed by atoms with Gasteiger partial charge in [0, 0.05) is 10.0 Å². The third-order valence-corrected chi connectivity index (χ3v) is 2.03.